The molecule has 0 saturated heterocycles. The Morgan fingerprint density at radius 3 is 2.33 bits per heavy atom. The van der Waals surface area contributed by atoms with Gasteiger partial charge in [0.15, 0.2) is 11.6 Å². The number of sulfonamides is 1. The summed E-state index contributed by atoms with van der Waals surface area (Å²) in [5, 5.41) is 8.75. The molecule has 0 aliphatic rings. The second kappa shape index (κ2) is 5.79. The number of benzene rings is 2. The fourth-order valence-corrected chi connectivity index (χ4v) is 3.09. The largest absolute Gasteiger partial charge is 0.274 e. The summed E-state index contributed by atoms with van der Waals surface area (Å²) in [5.74, 6) is -2.11. The summed E-state index contributed by atoms with van der Waals surface area (Å²) in [6.07, 6.45) is 0. The molecule has 2 aromatic rings. The number of rotatable bonds is 3. The molecule has 0 radical (unpaired) electrons. The lowest BCUT2D eigenvalue weighted by Crippen LogP contribution is -2.15. The minimum atomic E-state index is -4.20. The molecule has 0 heterocycles. The van der Waals surface area contributed by atoms with Gasteiger partial charge < -0.3 is 0 Å². The smallest absolute Gasteiger partial charge is 0.262 e. The molecule has 21 heavy (non-hydrogen) atoms. The van der Waals surface area contributed by atoms with E-state index in [1.807, 2.05) is 4.72 Å². The topological polar surface area (TPSA) is 70.0 Å². The molecule has 8 heteroatoms. The highest BCUT2D eigenvalue weighted by Crippen LogP contribution is 2.26. The van der Waals surface area contributed by atoms with Crippen molar-refractivity contribution in [2.24, 2.45) is 0 Å². The number of hydrogen-bond donors (Lipinski definition) is 1. The number of hydrogen-bond acceptors (Lipinski definition) is 3. The van der Waals surface area contributed by atoms with Gasteiger partial charge >= 0.3 is 0 Å². The van der Waals surface area contributed by atoms with Crippen LogP contribution in [0.1, 0.15) is 5.56 Å². The molecule has 2 aromatic carbocycles. The molecule has 0 amide bonds. The van der Waals surface area contributed by atoms with E-state index in [0.29, 0.717) is 0 Å². The van der Waals surface area contributed by atoms with E-state index in [9.17, 15) is 17.2 Å². The molecule has 0 aliphatic carbocycles. The van der Waals surface area contributed by atoms with Crippen LogP contribution in [0.25, 0.3) is 0 Å². The third kappa shape index (κ3) is 3.37. The second-order valence-corrected chi connectivity index (χ2v) is 6.59. The van der Waals surface area contributed by atoms with Crippen molar-refractivity contribution in [3.8, 4) is 6.07 Å². The number of nitrogens with zero attached hydrogens (tertiary/aromatic N) is 1. The summed E-state index contributed by atoms with van der Waals surface area (Å²) >= 11 is 2.90. The Morgan fingerprint density at radius 1 is 1.14 bits per heavy atom. The van der Waals surface area contributed by atoms with Gasteiger partial charge in [-0.15, -0.1) is 0 Å². The lowest BCUT2D eigenvalue weighted by molar-refractivity contribution is 0.582. The molecule has 0 fully saturated rings. The van der Waals surface area contributed by atoms with Gasteiger partial charge in [-0.25, -0.2) is 17.2 Å². The molecule has 0 bridgehead atoms. The first kappa shape index (κ1) is 15.4. The maximum absolute atomic E-state index is 13.7. The summed E-state index contributed by atoms with van der Waals surface area (Å²) in [6.45, 7) is 0. The Morgan fingerprint density at radius 2 is 1.76 bits per heavy atom. The highest BCUT2D eigenvalue weighted by atomic mass is 79.9. The average molecular weight is 373 g/mol. The van der Waals surface area contributed by atoms with Crippen molar-refractivity contribution in [1.82, 2.24) is 0 Å². The highest BCUT2D eigenvalue weighted by Gasteiger charge is 2.20. The molecule has 0 spiro atoms. The van der Waals surface area contributed by atoms with Crippen LogP contribution in [0.3, 0.4) is 0 Å². The van der Waals surface area contributed by atoms with Crippen molar-refractivity contribution in [3.05, 3.63) is 58.1 Å². The zero-order valence-corrected chi connectivity index (χ0v) is 12.7. The van der Waals surface area contributed by atoms with Crippen molar-refractivity contribution in [2.45, 2.75) is 4.90 Å². The highest BCUT2D eigenvalue weighted by molar-refractivity contribution is 9.10. The predicted molar refractivity (Wildman–Crippen MR) is 76.0 cm³/mol. The monoisotopic (exact) mass is 372 g/mol. The van der Waals surface area contributed by atoms with Crippen molar-refractivity contribution in [1.29, 1.82) is 5.26 Å². The van der Waals surface area contributed by atoms with E-state index in [1.165, 1.54) is 18.2 Å². The Labute approximate surface area is 128 Å². The second-order valence-electron chi connectivity index (χ2n) is 3.99. The van der Waals surface area contributed by atoms with Gasteiger partial charge in [0.2, 0.25) is 0 Å². The van der Waals surface area contributed by atoms with Crippen LogP contribution in [-0.2, 0) is 10.0 Å². The Hall–Kier alpha value is -1.98. The van der Waals surface area contributed by atoms with Crippen LogP contribution >= 0.6 is 15.9 Å². The van der Waals surface area contributed by atoms with Gasteiger partial charge in [0.05, 0.1) is 16.5 Å². The van der Waals surface area contributed by atoms with Crippen LogP contribution in [0.15, 0.2) is 45.8 Å². The van der Waals surface area contributed by atoms with Crippen molar-refractivity contribution >= 4 is 31.6 Å². The van der Waals surface area contributed by atoms with Crippen LogP contribution < -0.4 is 4.72 Å². The van der Waals surface area contributed by atoms with E-state index >= 15 is 0 Å². The summed E-state index contributed by atoms with van der Waals surface area (Å²) in [6, 6.07) is 8.77. The van der Waals surface area contributed by atoms with E-state index in [1.54, 1.807) is 6.07 Å². The third-order valence-electron chi connectivity index (χ3n) is 2.52. The third-order valence-corrected chi connectivity index (χ3v) is 4.32. The molecular formula is C13H7BrF2N2O2S. The fraction of sp³-hybridized carbons (Fsp3) is 0. The molecule has 108 valence electrons. The standard InChI is InChI=1S/C13H7BrF2N2O2S/c14-9-5-11(15)13(12(16)6-9)18-21(19,20)10-3-1-2-8(4-10)7-17/h1-6,18H. The van der Waals surface area contributed by atoms with Gasteiger partial charge in [-0.3, -0.25) is 4.72 Å². The maximum Gasteiger partial charge on any atom is 0.262 e. The lowest BCUT2D eigenvalue weighted by Gasteiger charge is -2.10. The van der Waals surface area contributed by atoms with Crippen molar-refractivity contribution in [3.63, 3.8) is 0 Å². The molecule has 0 unspecified atom stereocenters. The average Bonchev–Trinajstić information content (AvgIpc) is 2.43. The number of nitrogens with one attached hydrogen (secondary N) is 1. The van der Waals surface area contributed by atoms with E-state index in [-0.39, 0.29) is 14.9 Å². The van der Waals surface area contributed by atoms with Gasteiger partial charge in [0.1, 0.15) is 5.69 Å². The Kier molecular flexibility index (Phi) is 4.25. The molecule has 2 rings (SSSR count). The first-order chi connectivity index (χ1) is 9.83. The van der Waals surface area contributed by atoms with Gasteiger partial charge in [-0.1, -0.05) is 22.0 Å². The molecule has 4 nitrogen and oxygen atoms in total. The minimum Gasteiger partial charge on any atom is -0.274 e. The quantitative estimate of drug-likeness (QED) is 0.897. The zero-order valence-electron chi connectivity index (χ0n) is 10.3. The van der Waals surface area contributed by atoms with E-state index in [0.717, 1.165) is 18.2 Å². The number of anilines is 1. The molecule has 1 N–H and O–H groups in total. The normalized spacial score (nSPS) is 11.0. The lowest BCUT2D eigenvalue weighted by atomic mass is 10.2. The minimum absolute atomic E-state index is 0.120. The van der Waals surface area contributed by atoms with E-state index in [4.69, 9.17) is 5.26 Å². The summed E-state index contributed by atoms with van der Waals surface area (Å²) in [4.78, 5) is -0.261. The van der Waals surface area contributed by atoms with Gasteiger partial charge in [0.25, 0.3) is 10.0 Å². The van der Waals surface area contributed by atoms with Crippen LogP contribution in [0, 0.1) is 23.0 Å². The van der Waals surface area contributed by atoms with Crippen molar-refractivity contribution < 1.29 is 17.2 Å². The first-order valence-corrected chi connectivity index (χ1v) is 7.78. The number of halogens is 3. The number of nitriles is 1. The van der Waals surface area contributed by atoms with Crippen LogP contribution in [0.2, 0.25) is 0 Å². The Balaban J connectivity index is 2.45. The summed E-state index contributed by atoms with van der Waals surface area (Å²) in [5.41, 5.74) is -0.657. The summed E-state index contributed by atoms with van der Waals surface area (Å²) < 4.78 is 53.5. The van der Waals surface area contributed by atoms with Gasteiger partial charge in [-0.2, -0.15) is 5.26 Å². The van der Waals surface area contributed by atoms with Crippen LogP contribution in [0.5, 0.6) is 0 Å². The van der Waals surface area contributed by atoms with Crippen LogP contribution in [-0.4, -0.2) is 8.42 Å². The maximum atomic E-state index is 13.7. The first-order valence-electron chi connectivity index (χ1n) is 5.51. The molecule has 0 aliphatic heterocycles. The molecule has 0 saturated carbocycles. The predicted octanol–water partition coefficient (Wildman–Crippen LogP) is 3.40. The molecular weight excluding hydrogens is 366 g/mol. The SMILES string of the molecule is N#Cc1cccc(S(=O)(=O)Nc2c(F)cc(Br)cc2F)c1. The molecule has 0 atom stereocenters. The van der Waals surface area contributed by atoms with E-state index < -0.39 is 27.3 Å². The van der Waals surface area contributed by atoms with Gasteiger partial charge in [-0.05, 0) is 30.3 Å². The summed E-state index contributed by atoms with van der Waals surface area (Å²) in [7, 11) is -4.20. The fourth-order valence-electron chi connectivity index (χ4n) is 1.57. The Bertz CT molecular complexity index is 824. The van der Waals surface area contributed by atoms with E-state index in [2.05, 4.69) is 15.9 Å². The zero-order chi connectivity index (χ0) is 15.6. The van der Waals surface area contributed by atoms with Crippen molar-refractivity contribution in [2.75, 3.05) is 4.72 Å². The molecule has 0 aromatic heterocycles. The van der Waals surface area contributed by atoms with Gasteiger partial charge in [0, 0.05) is 4.47 Å². The van der Waals surface area contributed by atoms with Crippen LogP contribution in [0.4, 0.5) is 14.5 Å².